The van der Waals surface area contributed by atoms with Crippen LogP contribution < -0.4 is 11.1 Å². The van der Waals surface area contributed by atoms with E-state index in [0.717, 1.165) is 5.69 Å². The monoisotopic (exact) mass is 264 g/mol. The molecule has 0 bridgehead atoms. The molecule has 0 saturated heterocycles. The third kappa shape index (κ3) is 3.86. The molecule has 0 heterocycles. The van der Waals surface area contributed by atoms with Crippen LogP contribution in [0.3, 0.4) is 0 Å². The molecule has 0 atom stereocenters. The molecule has 1 aliphatic carbocycles. The molecule has 104 valence electrons. The van der Waals surface area contributed by atoms with Crippen molar-refractivity contribution in [2.45, 2.75) is 31.8 Å². The van der Waals surface area contributed by atoms with E-state index in [1.165, 1.54) is 31.7 Å². The number of anilines is 2. The second-order valence-electron chi connectivity index (χ2n) is 4.81. The van der Waals surface area contributed by atoms with Crippen molar-refractivity contribution in [2.24, 2.45) is 0 Å². The molecule has 1 aromatic carbocycles. The van der Waals surface area contributed by atoms with Gasteiger partial charge in [-0.1, -0.05) is 12.8 Å². The summed E-state index contributed by atoms with van der Waals surface area (Å²) in [6.07, 6.45) is 5.29. The number of rotatable bonds is 6. The first-order chi connectivity index (χ1) is 9.16. The normalized spacial score (nSPS) is 15.6. The largest absolute Gasteiger partial charge is 0.478 e. The number of nitrogen functional groups attached to an aromatic ring is 1. The molecule has 1 fully saturated rings. The van der Waals surface area contributed by atoms with Crippen molar-refractivity contribution in [3.05, 3.63) is 23.8 Å². The second kappa shape index (κ2) is 6.43. The summed E-state index contributed by atoms with van der Waals surface area (Å²) in [5.41, 5.74) is 6.90. The SMILES string of the molecule is Nc1cc(NCCOC2CCCC2)ccc1C(=O)O. The van der Waals surface area contributed by atoms with Crippen LogP contribution in [0.15, 0.2) is 18.2 Å². The van der Waals surface area contributed by atoms with Gasteiger partial charge in [-0.3, -0.25) is 0 Å². The molecule has 1 aromatic rings. The van der Waals surface area contributed by atoms with Gasteiger partial charge in [0.25, 0.3) is 0 Å². The van der Waals surface area contributed by atoms with Gasteiger partial charge in [0.15, 0.2) is 0 Å². The fraction of sp³-hybridized carbons (Fsp3) is 0.500. The van der Waals surface area contributed by atoms with E-state index >= 15 is 0 Å². The van der Waals surface area contributed by atoms with E-state index in [-0.39, 0.29) is 11.3 Å². The van der Waals surface area contributed by atoms with Crippen LogP contribution in [0.4, 0.5) is 11.4 Å². The van der Waals surface area contributed by atoms with Crippen LogP contribution in [-0.4, -0.2) is 30.3 Å². The number of carboxylic acids is 1. The average Bonchev–Trinajstić information content (AvgIpc) is 2.87. The maximum atomic E-state index is 10.8. The van der Waals surface area contributed by atoms with Crippen molar-refractivity contribution in [3.63, 3.8) is 0 Å². The van der Waals surface area contributed by atoms with Gasteiger partial charge in [-0.15, -0.1) is 0 Å². The maximum Gasteiger partial charge on any atom is 0.337 e. The predicted octanol–water partition coefficient (Wildman–Crippen LogP) is 2.34. The van der Waals surface area contributed by atoms with Crippen molar-refractivity contribution < 1.29 is 14.6 Å². The molecule has 1 aliphatic rings. The Bertz CT molecular complexity index is 442. The number of hydrogen-bond donors (Lipinski definition) is 3. The molecule has 0 aliphatic heterocycles. The standard InChI is InChI=1S/C14H20N2O3/c15-13-9-10(5-6-12(13)14(17)18)16-7-8-19-11-3-1-2-4-11/h5-6,9,11,16H,1-4,7-8,15H2,(H,17,18). The van der Waals surface area contributed by atoms with E-state index in [2.05, 4.69) is 5.32 Å². The van der Waals surface area contributed by atoms with Gasteiger partial charge in [0.1, 0.15) is 0 Å². The van der Waals surface area contributed by atoms with Crippen molar-refractivity contribution >= 4 is 17.3 Å². The van der Waals surface area contributed by atoms with Crippen molar-refractivity contribution in [1.29, 1.82) is 0 Å². The first-order valence-corrected chi connectivity index (χ1v) is 6.65. The van der Waals surface area contributed by atoms with Crippen LogP contribution in [0, 0.1) is 0 Å². The summed E-state index contributed by atoms with van der Waals surface area (Å²) in [5, 5.41) is 12.0. The topological polar surface area (TPSA) is 84.6 Å². The van der Waals surface area contributed by atoms with Gasteiger partial charge >= 0.3 is 5.97 Å². The zero-order chi connectivity index (χ0) is 13.7. The maximum absolute atomic E-state index is 10.8. The zero-order valence-corrected chi connectivity index (χ0v) is 10.9. The molecule has 19 heavy (non-hydrogen) atoms. The first kappa shape index (κ1) is 13.7. The fourth-order valence-electron chi connectivity index (χ4n) is 2.34. The van der Waals surface area contributed by atoms with Crippen LogP contribution in [0.25, 0.3) is 0 Å². The third-order valence-electron chi connectivity index (χ3n) is 3.37. The molecule has 5 nitrogen and oxygen atoms in total. The lowest BCUT2D eigenvalue weighted by Gasteiger charge is -2.12. The third-order valence-corrected chi connectivity index (χ3v) is 3.37. The molecule has 1 saturated carbocycles. The van der Waals surface area contributed by atoms with Gasteiger partial charge in [-0.25, -0.2) is 4.79 Å². The van der Waals surface area contributed by atoms with Crippen LogP contribution in [0.1, 0.15) is 36.0 Å². The van der Waals surface area contributed by atoms with Gasteiger partial charge < -0.3 is 20.9 Å². The quantitative estimate of drug-likeness (QED) is 0.542. The molecule has 4 N–H and O–H groups in total. The second-order valence-corrected chi connectivity index (χ2v) is 4.81. The van der Waals surface area contributed by atoms with Gasteiger partial charge in [-0.05, 0) is 31.0 Å². The average molecular weight is 264 g/mol. The van der Waals surface area contributed by atoms with Crippen LogP contribution >= 0.6 is 0 Å². The summed E-state index contributed by atoms with van der Waals surface area (Å²) in [7, 11) is 0. The molecule has 0 spiro atoms. The first-order valence-electron chi connectivity index (χ1n) is 6.65. The predicted molar refractivity (Wildman–Crippen MR) is 74.5 cm³/mol. The molecule has 0 unspecified atom stereocenters. The van der Waals surface area contributed by atoms with Crippen molar-refractivity contribution in [2.75, 3.05) is 24.2 Å². The van der Waals surface area contributed by atoms with E-state index in [0.29, 0.717) is 19.3 Å². The summed E-state index contributed by atoms with van der Waals surface area (Å²) in [6, 6.07) is 4.87. The van der Waals surface area contributed by atoms with E-state index in [1.807, 2.05) is 0 Å². The van der Waals surface area contributed by atoms with E-state index < -0.39 is 5.97 Å². The Morgan fingerprint density at radius 1 is 1.42 bits per heavy atom. The van der Waals surface area contributed by atoms with Gasteiger partial charge in [0.2, 0.25) is 0 Å². The van der Waals surface area contributed by atoms with E-state index in [4.69, 9.17) is 15.6 Å². The highest BCUT2D eigenvalue weighted by Crippen LogP contribution is 2.21. The van der Waals surface area contributed by atoms with Crippen LogP contribution in [0.2, 0.25) is 0 Å². The molecule has 0 radical (unpaired) electrons. The highest BCUT2D eigenvalue weighted by atomic mass is 16.5. The minimum atomic E-state index is -1.01. The molecule has 2 rings (SSSR count). The lowest BCUT2D eigenvalue weighted by molar-refractivity contribution is 0.0658. The summed E-state index contributed by atoms with van der Waals surface area (Å²) >= 11 is 0. The molecular formula is C14H20N2O3. The Morgan fingerprint density at radius 3 is 2.79 bits per heavy atom. The molecule has 0 amide bonds. The van der Waals surface area contributed by atoms with Gasteiger partial charge in [-0.2, -0.15) is 0 Å². The number of carboxylic acid groups (broad SMARTS) is 1. The summed E-state index contributed by atoms with van der Waals surface area (Å²) in [6.45, 7) is 1.35. The number of ether oxygens (including phenoxy) is 1. The Labute approximate surface area is 112 Å². The van der Waals surface area contributed by atoms with Gasteiger partial charge in [0, 0.05) is 17.9 Å². The number of aromatic carboxylic acids is 1. The summed E-state index contributed by atoms with van der Waals surface area (Å²) in [5.74, 6) is -1.01. The molecule has 0 aromatic heterocycles. The summed E-state index contributed by atoms with van der Waals surface area (Å²) < 4.78 is 5.73. The van der Waals surface area contributed by atoms with Crippen LogP contribution in [-0.2, 0) is 4.74 Å². The Kier molecular flexibility index (Phi) is 4.63. The van der Waals surface area contributed by atoms with E-state index in [9.17, 15) is 4.79 Å². The number of nitrogens with two attached hydrogens (primary N) is 1. The lowest BCUT2D eigenvalue weighted by atomic mass is 10.1. The smallest absolute Gasteiger partial charge is 0.337 e. The number of benzene rings is 1. The lowest BCUT2D eigenvalue weighted by Crippen LogP contribution is -2.15. The zero-order valence-electron chi connectivity index (χ0n) is 10.9. The van der Waals surface area contributed by atoms with Crippen molar-refractivity contribution in [1.82, 2.24) is 0 Å². The highest BCUT2D eigenvalue weighted by Gasteiger charge is 2.14. The Hall–Kier alpha value is -1.75. The Morgan fingerprint density at radius 2 is 2.16 bits per heavy atom. The molecule has 5 heteroatoms. The van der Waals surface area contributed by atoms with Gasteiger partial charge in [0.05, 0.1) is 18.3 Å². The van der Waals surface area contributed by atoms with Crippen molar-refractivity contribution in [3.8, 4) is 0 Å². The summed E-state index contributed by atoms with van der Waals surface area (Å²) in [4.78, 5) is 10.8. The highest BCUT2D eigenvalue weighted by molar-refractivity contribution is 5.94. The Balaban J connectivity index is 1.76. The minimum absolute atomic E-state index is 0.132. The number of nitrogens with one attached hydrogen (secondary N) is 1. The number of hydrogen-bond acceptors (Lipinski definition) is 4. The van der Waals surface area contributed by atoms with E-state index in [1.54, 1.807) is 12.1 Å². The molecular weight excluding hydrogens is 244 g/mol. The number of carbonyl (C=O) groups is 1. The minimum Gasteiger partial charge on any atom is -0.478 e. The van der Waals surface area contributed by atoms with Crippen LogP contribution in [0.5, 0.6) is 0 Å². The fourth-order valence-corrected chi connectivity index (χ4v) is 2.34.